The van der Waals surface area contributed by atoms with E-state index in [1.54, 1.807) is 4.90 Å². The molecule has 5 heteroatoms. The van der Waals surface area contributed by atoms with Crippen molar-refractivity contribution in [3.63, 3.8) is 0 Å². The van der Waals surface area contributed by atoms with Crippen LogP contribution in [0.2, 0.25) is 0 Å². The maximum Gasteiger partial charge on any atom is 0.242 e. The molecule has 0 radical (unpaired) electrons. The molecule has 1 aliphatic carbocycles. The fourth-order valence-corrected chi connectivity index (χ4v) is 3.36. The van der Waals surface area contributed by atoms with Crippen molar-refractivity contribution in [3.8, 4) is 0 Å². The van der Waals surface area contributed by atoms with Gasteiger partial charge in [0.25, 0.3) is 0 Å². The summed E-state index contributed by atoms with van der Waals surface area (Å²) in [5.74, 6) is -0.187. The number of rotatable bonds is 3. The Hall–Kier alpha value is -1.88. The molecule has 2 aliphatic rings. The number of carbonyl (C=O) groups excluding carboxylic acids is 2. The summed E-state index contributed by atoms with van der Waals surface area (Å²) >= 11 is 0. The van der Waals surface area contributed by atoms with Crippen LogP contribution in [0.1, 0.15) is 17.5 Å². The van der Waals surface area contributed by atoms with Gasteiger partial charge in [0.1, 0.15) is 6.04 Å². The number of nitrogens with one attached hydrogen (secondary N) is 1. The lowest BCUT2D eigenvalue weighted by atomic mass is 10.0. The second-order valence-electron chi connectivity index (χ2n) is 5.72. The maximum absolute atomic E-state index is 12.8. The number of aliphatic hydroxyl groups is 1. The molecule has 3 rings (SSSR count). The molecule has 0 aromatic heterocycles. The molecule has 0 saturated carbocycles. The normalized spacial score (nSPS) is 22.0. The van der Waals surface area contributed by atoms with Crippen molar-refractivity contribution in [1.82, 2.24) is 10.2 Å². The van der Waals surface area contributed by atoms with Gasteiger partial charge in [0.2, 0.25) is 11.8 Å². The van der Waals surface area contributed by atoms with Crippen LogP contribution in [0, 0.1) is 5.92 Å². The Balaban J connectivity index is 1.74. The van der Waals surface area contributed by atoms with Crippen molar-refractivity contribution in [1.29, 1.82) is 0 Å². The monoisotopic (exact) mass is 288 g/mol. The predicted octanol–water partition coefficient (Wildman–Crippen LogP) is 0.111. The standard InChI is InChI=1S/C16H20N2O3/c19-8-5-14-15(20)17-6-7-18(14)16(21)13-9-11-3-1-2-4-12(11)10-13/h1-4,13-14,19H,5-10H2,(H,17,20)/t14-/m0/s1. The van der Waals surface area contributed by atoms with Crippen molar-refractivity contribution in [2.24, 2.45) is 5.92 Å². The summed E-state index contributed by atoms with van der Waals surface area (Å²) in [7, 11) is 0. The largest absolute Gasteiger partial charge is 0.396 e. The molecule has 1 aromatic rings. The van der Waals surface area contributed by atoms with Crippen LogP contribution in [-0.4, -0.2) is 47.6 Å². The van der Waals surface area contributed by atoms with Gasteiger partial charge in [-0.25, -0.2) is 0 Å². The molecule has 1 aromatic carbocycles. The highest BCUT2D eigenvalue weighted by Gasteiger charge is 2.37. The lowest BCUT2D eigenvalue weighted by Gasteiger charge is -2.36. The van der Waals surface area contributed by atoms with Crippen molar-refractivity contribution in [2.45, 2.75) is 25.3 Å². The van der Waals surface area contributed by atoms with Crippen LogP contribution in [-0.2, 0) is 22.4 Å². The summed E-state index contributed by atoms with van der Waals surface area (Å²) in [6.07, 6.45) is 1.80. The van der Waals surface area contributed by atoms with Gasteiger partial charge < -0.3 is 15.3 Å². The fraction of sp³-hybridized carbons (Fsp3) is 0.500. The SMILES string of the molecule is O=C1NCCN(C(=O)C2Cc3ccccc3C2)[C@H]1CCO. The van der Waals surface area contributed by atoms with Crippen molar-refractivity contribution in [3.05, 3.63) is 35.4 Å². The Kier molecular flexibility index (Phi) is 3.92. The fourth-order valence-electron chi connectivity index (χ4n) is 3.36. The molecule has 1 heterocycles. The Bertz CT molecular complexity index is 533. The highest BCUT2D eigenvalue weighted by Crippen LogP contribution is 2.28. The van der Waals surface area contributed by atoms with E-state index in [0.717, 1.165) is 12.8 Å². The average molecular weight is 288 g/mol. The van der Waals surface area contributed by atoms with E-state index >= 15 is 0 Å². The summed E-state index contributed by atoms with van der Waals surface area (Å²) in [4.78, 5) is 26.3. The molecule has 1 atom stereocenters. The summed E-state index contributed by atoms with van der Waals surface area (Å²) in [5.41, 5.74) is 2.46. The van der Waals surface area contributed by atoms with E-state index in [9.17, 15) is 9.59 Å². The second kappa shape index (κ2) is 5.85. The summed E-state index contributed by atoms with van der Waals surface area (Å²) in [5, 5.41) is 11.9. The van der Waals surface area contributed by atoms with Crippen LogP contribution in [0.25, 0.3) is 0 Å². The van der Waals surface area contributed by atoms with Crippen LogP contribution in [0.3, 0.4) is 0 Å². The van der Waals surface area contributed by atoms with E-state index < -0.39 is 6.04 Å². The van der Waals surface area contributed by atoms with Gasteiger partial charge >= 0.3 is 0 Å². The van der Waals surface area contributed by atoms with E-state index in [1.807, 2.05) is 12.1 Å². The van der Waals surface area contributed by atoms with Crippen LogP contribution < -0.4 is 5.32 Å². The van der Waals surface area contributed by atoms with Gasteiger partial charge in [-0.3, -0.25) is 9.59 Å². The molecule has 2 N–H and O–H groups in total. The van der Waals surface area contributed by atoms with Gasteiger partial charge in [-0.2, -0.15) is 0 Å². The van der Waals surface area contributed by atoms with Crippen molar-refractivity contribution < 1.29 is 14.7 Å². The quantitative estimate of drug-likeness (QED) is 0.829. The van der Waals surface area contributed by atoms with Crippen LogP contribution in [0.4, 0.5) is 0 Å². The number of hydrogen-bond acceptors (Lipinski definition) is 3. The van der Waals surface area contributed by atoms with Crippen LogP contribution in [0.15, 0.2) is 24.3 Å². The van der Waals surface area contributed by atoms with Gasteiger partial charge in [0, 0.05) is 25.6 Å². The number of nitrogens with zero attached hydrogens (tertiary/aromatic N) is 1. The zero-order chi connectivity index (χ0) is 14.8. The van der Waals surface area contributed by atoms with Crippen molar-refractivity contribution in [2.75, 3.05) is 19.7 Å². The molecule has 21 heavy (non-hydrogen) atoms. The summed E-state index contributed by atoms with van der Waals surface area (Å²) < 4.78 is 0. The molecular weight excluding hydrogens is 268 g/mol. The molecule has 0 spiro atoms. The summed E-state index contributed by atoms with van der Waals surface area (Å²) in [6.45, 7) is 0.932. The molecule has 1 aliphatic heterocycles. The molecule has 5 nitrogen and oxygen atoms in total. The minimum absolute atomic E-state index is 0.0412. The Morgan fingerprint density at radius 3 is 2.57 bits per heavy atom. The molecule has 112 valence electrons. The topological polar surface area (TPSA) is 69.6 Å². The van der Waals surface area contributed by atoms with Gasteiger partial charge in [-0.15, -0.1) is 0 Å². The first-order valence-electron chi connectivity index (χ1n) is 7.46. The van der Waals surface area contributed by atoms with Gasteiger partial charge in [-0.05, 0) is 30.4 Å². The Labute approximate surface area is 123 Å². The third-order valence-corrected chi connectivity index (χ3v) is 4.42. The number of hydrogen-bond donors (Lipinski definition) is 2. The van der Waals surface area contributed by atoms with Crippen LogP contribution >= 0.6 is 0 Å². The summed E-state index contributed by atoms with van der Waals surface area (Å²) in [6, 6.07) is 7.59. The molecule has 1 saturated heterocycles. The number of amides is 2. The first kappa shape index (κ1) is 14.1. The highest BCUT2D eigenvalue weighted by molar-refractivity contribution is 5.90. The maximum atomic E-state index is 12.8. The van der Waals surface area contributed by atoms with Crippen molar-refractivity contribution >= 4 is 11.8 Å². The lowest BCUT2D eigenvalue weighted by Crippen LogP contribution is -2.58. The molecule has 1 fully saturated rings. The Morgan fingerprint density at radius 1 is 1.29 bits per heavy atom. The van der Waals surface area contributed by atoms with Gasteiger partial charge in [0.05, 0.1) is 0 Å². The predicted molar refractivity (Wildman–Crippen MR) is 77.6 cm³/mol. The number of fused-ring (bicyclic) bond motifs is 1. The number of aliphatic hydroxyl groups excluding tert-OH is 1. The zero-order valence-electron chi connectivity index (χ0n) is 11.9. The third kappa shape index (κ3) is 2.65. The highest BCUT2D eigenvalue weighted by atomic mass is 16.3. The third-order valence-electron chi connectivity index (χ3n) is 4.42. The lowest BCUT2D eigenvalue weighted by molar-refractivity contribution is -0.146. The van der Waals surface area contributed by atoms with E-state index in [4.69, 9.17) is 5.11 Å². The minimum Gasteiger partial charge on any atom is -0.396 e. The smallest absolute Gasteiger partial charge is 0.242 e. The average Bonchev–Trinajstić information content (AvgIpc) is 2.93. The number of piperazine rings is 1. The van der Waals surface area contributed by atoms with E-state index in [1.165, 1.54) is 11.1 Å². The molecule has 0 bridgehead atoms. The Morgan fingerprint density at radius 2 is 1.95 bits per heavy atom. The van der Waals surface area contributed by atoms with Gasteiger partial charge in [-0.1, -0.05) is 24.3 Å². The first-order valence-corrected chi connectivity index (χ1v) is 7.46. The van der Waals surface area contributed by atoms with E-state index in [-0.39, 0.29) is 24.3 Å². The number of carbonyl (C=O) groups is 2. The van der Waals surface area contributed by atoms with E-state index in [2.05, 4.69) is 17.4 Å². The number of benzene rings is 1. The second-order valence-corrected chi connectivity index (χ2v) is 5.72. The zero-order valence-corrected chi connectivity index (χ0v) is 11.9. The first-order chi connectivity index (χ1) is 10.2. The molecule has 2 amide bonds. The minimum atomic E-state index is -0.528. The van der Waals surface area contributed by atoms with Gasteiger partial charge in [0.15, 0.2) is 0 Å². The molecule has 0 unspecified atom stereocenters. The van der Waals surface area contributed by atoms with Crippen LogP contribution in [0.5, 0.6) is 0 Å². The molecular formula is C16H20N2O3. The van der Waals surface area contributed by atoms with E-state index in [0.29, 0.717) is 19.5 Å².